The van der Waals surface area contributed by atoms with Gasteiger partial charge in [0.15, 0.2) is 12.4 Å². The Bertz CT molecular complexity index is 1510. The average molecular weight is 449 g/mol. The summed E-state index contributed by atoms with van der Waals surface area (Å²) in [6, 6.07) is 20.4. The van der Waals surface area contributed by atoms with E-state index in [2.05, 4.69) is 38.8 Å². The minimum atomic E-state index is -3.75. The van der Waals surface area contributed by atoms with E-state index in [0.717, 1.165) is 28.4 Å². The monoisotopic (exact) mass is 448 g/mol. The minimum Gasteiger partial charge on any atom is -0.341 e. The molecule has 0 saturated carbocycles. The second kappa shape index (κ2) is 7.77. The van der Waals surface area contributed by atoms with Crippen LogP contribution in [0.3, 0.4) is 0 Å². The van der Waals surface area contributed by atoms with Crippen LogP contribution in [-0.2, 0) is 26.2 Å². The number of carbonyl (C=O) groups is 1. The zero-order valence-electron chi connectivity index (χ0n) is 17.2. The highest BCUT2D eigenvalue weighted by molar-refractivity contribution is 7.90. The van der Waals surface area contributed by atoms with Crippen LogP contribution < -0.4 is 10.8 Å². The van der Waals surface area contributed by atoms with Gasteiger partial charge in [-0.1, -0.05) is 30.3 Å². The highest BCUT2D eigenvalue weighted by Crippen LogP contribution is 2.31. The molecule has 0 atom stereocenters. The molecule has 32 heavy (non-hydrogen) atoms. The van der Waals surface area contributed by atoms with E-state index in [9.17, 15) is 13.2 Å². The molecule has 0 unspecified atom stereocenters. The molecule has 1 amide bonds. The van der Waals surface area contributed by atoms with E-state index in [-0.39, 0.29) is 23.2 Å². The molecule has 0 radical (unpaired) electrons. The molecule has 1 aliphatic heterocycles. The Balaban J connectivity index is 1.29. The molecule has 2 heterocycles. The Labute approximate surface area is 184 Å². The zero-order valence-corrected chi connectivity index (χ0v) is 18.0. The first-order chi connectivity index (χ1) is 15.5. The molecule has 3 aromatic carbocycles. The van der Waals surface area contributed by atoms with Gasteiger partial charge in [-0.3, -0.25) is 9.63 Å². The molecule has 8 nitrogen and oxygen atoms in total. The van der Waals surface area contributed by atoms with Crippen molar-refractivity contribution in [3.63, 3.8) is 0 Å². The fraction of sp³-hybridized carbons (Fsp3) is 0.130. The number of para-hydroxylation sites is 1. The first kappa shape index (κ1) is 20.2. The van der Waals surface area contributed by atoms with E-state index in [0.29, 0.717) is 11.3 Å². The number of fused-ring (bicyclic) bond motifs is 4. The maximum atomic E-state index is 12.4. The smallest absolute Gasteiger partial charge is 0.285 e. The summed E-state index contributed by atoms with van der Waals surface area (Å²) in [5, 5.41) is 5.00. The standard InChI is InChI=1S/C23H20N4O4S/c1-2-27-19-9-5-3-7-16(19)18-13-15(11-12-20(18)27)24-22(28)14-31-25-23-17-8-4-6-10-21(17)32(29,30)26-23/h3-13H,2,14H2,1H3,(H,24,28)(H,25,26). The third kappa shape index (κ3) is 3.41. The summed E-state index contributed by atoms with van der Waals surface area (Å²) in [6.45, 7) is 2.62. The second-order valence-electron chi connectivity index (χ2n) is 7.34. The number of nitrogens with one attached hydrogen (secondary N) is 2. The Morgan fingerprint density at radius 1 is 1.00 bits per heavy atom. The number of hydrogen-bond donors (Lipinski definition) is 2. The lowest BCUT2D eigenvalue weighted by Crippen LogP contribution is -2.29. The maximum absolute atomic E-state index is 12.4. The molecule has 4 aromatic rings. The summed E-state index contributed by atoms with van der Waals surface area (Å²) < 4.78 is 30.0. The van der Waals surface area contributed by atoms with Gasteiger partial charge >= 0.3 is 0 Å². The van der Waals surface area contributed by atoms with Crippen LogP contribution in [0.15, 0.2) is 76.0 Å². The number of rotatable bonds is 5. The summed E-state index contributed by atoms with van der Waals surface area (Å²) in [4.78, 5) is 17.7. The molecule has 1 aromatic heterocycles. The number of hydroxylamine groups is 1. The lowest BCUT2D eigenvalue weighted by molar-refractivity contribution is -0.121. The Hall–Kier alpha value is -3.69. The van der Waals surface area contributed by atoms with Crippen LogP contribution in [0, 0.1) is 0 Å². The van der Waals surface area contributed by atoms with Gasteiger partial charge in [0, 0.05) is 39.6 Å². The summed E-state index contributed by atoms with van der Waals surface area (Å²) in [7, 11) is -3.75. The van der Waals surface area contributed by atoms with Crippen LogP contribution in [0.25, 0.3) is 21.8 Å². The van der Waals surface area contributed by atoms with Crippen molar-refractivity contribution >= 4 is 49.3 Å². The van der Waals surface area contributed by atoms with Gasteiger partial charge in [-0.2, -0.15) is 8.42 Å². The lowest BCUT2D eigenvalue weighted by Gasteiger charge is -2.09. The van der Waals surface area contributed by atoms with Crippen molar-refractivity contribution in [1.82, 2.24) is 10.0 Å². The van der Waals surface area contributed by atoms with Gasteiger partial charge in [-0.25, -0.2) is 5.48 Å². The lowest BCUT2D eigenvalue weighted by atomic mass is 10.1. The van der Waals surface area contributed by atoms with Crippen LogP contribution in [0.4, 0.5) is 5.69 Å². The second-order valence-corrected chi connectivity index (χ2v) is 8.92. The largest absolute Gasteiger partial charge is 0.341 e. The van der Waals surface area contributed by atoms with Crippen LogP contribution in [-0.4, -0.2) is 31.3 Å². The SMILES string of the molecule is CCn1c2ccccc2c2cc(NC(=O)CONC3=NS(=O)(=O)c4ccccc43)ccc21. The van der Waals surface area contributed by atoms with Gasteiger partial charge in [0.25, 0.3) is 15.9 Å². The summed E-state index contributed by atoms with van der Waals surface area (Å²) in [5.41, 5.74) is 5.79. The molecule has 0 aliphatic carbocycles. The van der Waals surface area contributed by atoms with E-state index < -0.39 is 10.0 Å². The predicted octanol–water partition coefficient (Wildman–Crippen LogP) is 3.42. The number of carbonyl (C=O) groups excluding carboxylic acids is 1. The van der Waals surface area contributed by atoms with Gasteiger partial charge in [0.1, 0.15) is 4.90 Å². The van der Waals surface area contributed by atoms with Crippen molar-refractivity contribution in [2.75, 3.05) is 11.9 Å². The zero-order chi connectivity index (χ0) is 22.3. The third-order valence-electron chi connectivity index (χ3n) is 5.38. The number of anilines is 1. The highest BCUT2D eigenvalue weighted by atomic mass is 32.2. The van der Waals surface area contributed by atoms with Gasteiger partial charge in [0.05, 0.1) is 0 Å². The first-order valence-electron chi connectivity index (χ1n) is 10.1. The number of hydrogen-bond acceptors (Lipinski definition) is 5. The number of sulfonamides is 1. The number of amides is 1. The molecule has 2 N–H and O–H groups in total. The summed E-state index contributed by atoms with van der Waals surface area (Å²) in [6.07, 6.45) is 0. The van der Waals surface area contributed by atoms with E-state index in [4.69, 9.17) is 4.84 Å². The molecule has 0 spiro atoms. The fourth-order valence-electron chi connectivity index (χ4n) is 4.02. The van der Waals surface area contributed by atoms with Crippen LogP contribution >= 0.6 is 0 Å². The van der Waals surface area contributed by atoms with Crippen molar-refractivity contribution in [3.05, 3.63) is 72.3 Å². The predicted molar refractivity (Wildman–Crippen MR) is 123 cm³/mol. The number of amidine groups is 1. The molecular formula is C23H20N4O4S. The Morgan fingerprint density at radius 2 is 1.75 bits per heavy atom. The first-order valence-corrected chi connectivity index (χ1v) is 11.5. The molecule has 0 fully saturated rings. The van der Waals surface area contributed by atoms with E-state index in [1.165, 1.54) is 6.07 Å². The summed E-state index contributed by atoms with van der Waals surface area (Å²) in [5.74, 6) is -0.326. The van der Waals surface area contributed by atoms with Crippen molar-refractivity contribution in [1.29, 1.82) is 0 Å². The van der Waals surface area contributed by atoms with E-state index >= 15 is 0 Å². The topological polar surface area (TPSA) is 102 Å². The van der Waals surface area contributed by atoms with Crippen molar-refractivity contribution in [3.8, 4) is 0 Å². The number of nitrogens with zero attached hydrogens (tertiary/aromatic N) is 2. The van der Waals surface area contributed by atoms with Crippen molar-refractivity contribution < 1.29 is 18.0 Å². The van der Waals surface area contributed by atoms with Crippen LogP contribution in [0.5, 0.6) is 0 Å². The Kier molecular flexibility index (Phi) is 4.91. The molecule has 0 saturated heterocycles. The van der Waals surface area contributed by atoms with Crippen molar-refractivity contribution in [2.24, 2.45) is 4.40 Å². The van der Waals surface area contributed by atoms with Crippen LogP contribution in [0.1, 0.15) is 12.5 Å². The summed E-state index contributed by atoms with van der Waals surface area (Å²) >= 11 is 0. The minimum absolute atomic E-state index is 0.0576. The third-order valence-corrected chi connectivity index (χ3v) is 6.71. The molecule has 162 valence electrons. The molecule has 9 heteroatoms. The quantitative estimate of drug-likeness (QED) is 0.456. The fourth-order valence-corrected chi connectivity index (χ4v) is 5.19. The molecule has 0 bridgehead atoms. The highest BCUT2D eigenvalue weighted by Gasteiger charge is 2.28. The maximum Gasteiger partial charge on any atom is 0.285 e. The molecular weight excluding hydrogens is 428 g/mol. The van der Waals surface area contributed by atoms with Crippen molar-refractivity contribution in [2.45, 2.75) is 18.4 Å². The molecule has 1 aliphatic rings. The van der Waals surface area contributed by atoms with E-state index in [1.54, 1.807) is 18.2 Å². The van der Waals surface area contributed by atoms with E-state index in [1.807, 2.05) is 30.3 Å². The number of aryl methyl sites for hydroxylation is 1. The number of aromatic nitrogens is 1. The van der Waals surface area contributed by atoms with Crippen LogP contribution in [0.2, 0.25) is 0 Å². The normalized spacial score (nSPS) is 14.3. The average Bonchev–Trinajstić information content (AvgIpc) is 3.25. The van der Waals surface area contributed by atoms with Gasteiger partial charge in [0.2, 0.25) is 0 Å². The van der Waals surface area contributed by atoms with Gasteiger partial charge in [-0.05, 0) is 43.3 Å². The molecule has 5 rings (SSSR count). The Morgan fingerprint density at radius 3 is 2.59 bits per heavy atom. The number of benzene rings is 3. The van der Waals surface area contributed by atoms with Gasteiger partial charge in [-0.15, -0.1) is 4.40 Å². The van der Waals surface area contributed by atoms with Gasteiger partial charge < -0.3 is 9.88 Å².